The SMILES string of the molecule is COc1cccc(C(N)=O)c1OCC(=O)Nc1cccc(F)c1. The maximum atomic E-state index is 13.1. The third-order valence-electron chi connectivity index (χ3n) is 2.92. The van der Waals surface area contributed by atoms with Crippen molar-refractivity contribution in [3.8, 4) is 11.5 Å². The number of hydrogen-bond acceptors (Lipinski definition) is 4. The minimum atomic E-state index is -0.704. The molecular formula is C16H15FN2O4. The second-order valence-corrected chi connectivity index (χ2v) is 4.55. The van der Waals surface area contributed by atoms with E-state index in [2.05, 4.69) is 5.32 Å². The Hall–Kier alpha value is -3.09. The van der Waals surface area contributed by atoms with Gasteiger partial charge >= 0.3 is 0 Å². The summed E-state index contributed by atoms with van der Waals surface area (Å²) in [7, 11) is 1.40. The summed E-state index contributed by atoms with van der Waals surface area (Å²) in [6.45, 7) is -0.392. The number of primary amides is 1. The summed E-state index contributed by atoms with van der Waals surface area (Å²) in [5.41, 5.74) is 5.67. The number of nitrogens with two attached hydrogens (primary N) is 1. The highest BCUT2D eigenvalue weighted by atomic mass is 19.1. The van der Waals surface area contributed by atoms with Crippen LogP contribution in [0.4, 0.5) is 10.1 Å². The normalized spacial score (nSPS) is 10.0. The highest BCUT2D eigenvalue weighted by Crippen LogP contribution is 2.30. The van der Waals surface area contributed by atoms with Crippen molar-refractivity contribution in [3.63, 3.8) is 0 Å². The molecule has 6 nitrogen and oxygen atoms in total. The van der Waals surface area contributed by atoms with Crippen LogP contribution in [-0.2, 0) is 4.79 Å². The summed E-state index contributed by atoms with van der Waals surface area (Å²) < 4.78 is 23.5. The molecule has 0 bridgehead atoms. The van der Waals surface area contributed by atoms with E-state index in [0.29, 0.717) is 5.69 Å². The van der Waals surface area contributed by atoms with Crippen molar-refractivity contribution in [3.05, 3.63) is 53.8 Å². The molecule has 7 heteroatoms. The summed E-state index contributed by atoms with van der Waals surface area (Å²) in [5, 5.41) is 2.48. The van der Waals surface area contributed by atoms with E-state index in [0.717, 1.165) is 0 Å². The van der Waals surface area contributed by atoms with Gasteiger partial charge in [-0.15, -0.1) is 0 Å². The number of anilines is 1. The lowest BCUT2D eigenvalue weighted by Gasteiger charge is -2.13. The van der Waals surface area contributed by atoms with Crippen LogP contribution in [0.1, 0.15) is 10.4 Å². The van der Waals surface area contributed by atoms with Gasteiger partial charge in [-0.3, -0.25) is 9.59 Å². The molecule has 0 aliphatic carbocycles. The zero-order valence-electron chi connectivity index (χ0n) is 12.3. The number of amides is 2. The molecule has 0 aliphatic heterocycles. The minimum Gasteiger partial charge on any atom is -0.493 e. The van der Waals surface area contributed by atoms with E-state index < -0.39 is 24.2 Å². The van der Waals surface area contributed by atoms with Crippen LogP contribution >= 0.6 is 0 Å². The third-order valence-corrected chi connectivity index (χ3v) is 2.92. The van der Waals surface area contributed by atoms with Gasteiger partial charge in [0.1, 0.15) is 5.82 Å². The first-order valence-electron chi connectivity index (χ1n) is 6.66. The number of ether oxygens (including phenoxy) is 2. The Balaban J connectivity index is 2.08. The van der Waals surface area contributed by atoms with Crippen LogP contribution in [0.5, 0.6) is 11.5 Å². The topological polar surface area (TPSA) is 90.7 Å². The van der Waals surface area contributed by atoms with E-state index in [9.17, 15) is 14.0 Å². The second kappa shape index (κ2) is 7.26. The van der Waals surface area contributed by atoms with E-state index in [1.807, 2.05) is 0 Å². The number of halogens is 1. The van der Waals surface area contributed by atoms with Gasteiger partial charge in [0.15, 0.2) is 18.1 Å². The second-order valence-electron chi connectivity index (χ2n) is 4.55. The fraction of sp³-hybridized carbons (Fsp3) is 0.125. The number of rotatable bonds is 6. The Morgan fingerprint density at radius 3 is 2.61 bits per heavy atom. The Bertz CT molecular complexity index is 734. The number of benzene rings is 2. The molecule has 0 saturated carbocycles. The molecule has 0 spiro atoms. The van der Waals surface area contributed by atoms with E-state index in [1.165, 1.54) is 31.4 Å². The standard InChI is InChI=1S/C16H15FN2O4/c1-22-13-7-3-6-12(16(18)21)15(13)23-9-14(20)19-11-5-2-4-10(17)8-11/h2-8H,9H2,1H3,(H2,18,21)(H,19,20). The number of hydrogen-bond donors (Lipinski definition) is 2. The van der Waals surface area contributed by atoms with Crippen LogP contribution in [0, 0.1) is 5.82 Å². The summed E-state index contributed by atoms with van der Waals surface area (Å²) in [4.78, 5) is 23.3. The summed E-state index contributed by atoms with van der Waals surface area (Å²) in [6, 6.07) is 10.1. The molecule has 0 radical (unpaired) electrons. The quantitative estimate of drug-likeness (QED) is 0.851. The molecule has 0 aromatic heterocycles. The van der Waals surface area contributed by atoms with Gasteiger partial charge in [-0.2, -0.15) is 0 Å². The molecule has 0 atom stereocenters. The lowest BCUT2D eigenvalue weighted by Crippen LogP contribution is -2.22. The average Bonchev–Trinajstić information content (AvgIpc) is 2.52. The van der Waals surface area contributed by atoms with Gasteiger partial charge in [0, 0.05) is 5.69 Å². The predicted octanol–water partition coefficient (Wildman–Crippen LogP) is 1.95. The molecule has 2 amide bonds. The molecule has 2 aromatic rings. The molecule has 0 saturated heterocycles. The number of para-hydroxylation sites is 1. The molecular weight excluding hydrogens is 303 g/mol. The average molecular weight is 318 g/mol. The Kier molecular flexibility index (Phi) is 5.14. The molecule has 120 valence electrons. The van der Waals surface area contributed by atoms with Crippen LogP contribution in [0.25, 0.3) is 0 Å². The van der Waals surface area contributed by atoms with Crippen LogP contribution < -0.4 is 20.5 Å². The van der Waals surface area contributed by atoms with E-state index >= 15 is 0 Å². The number of carbonyl (C=O) groups is 2. The first kappa shape index (κ1) is 16.3. The zero-order valence-corrected chi connectivity index (χ0v) is 12.3. The van der Waals surface area contributed by atoms with Crippen molar-refractivity contribution in [1.82, 2.24) is 0 Å². The number of carbonyl (C=O) groups excluding carboxylic acids is 2. The van der Waals surface area contributed by atoms with Gasteiger partial charge < -0.3 is 20.5 Å². The van der Waals surface area contributed by atoms with Crippen molar-refractivity contribution in [1.29, 1.82) is 0 Å². The molecule has 0 unspecified atom stereocenters. The van der Waals surface area contributed by atoms with Gasteiger partial charge in [0.05, 0.1) is 12.7 Å². The predicted molar refractivity (Wildman–Crippen MR) is 82.0 cm³/mol. The molecule has 23 heavy (non-hydrogen) atoms. The first-order chi connectivity index (χ1) is 11.0. The minimum absolute atomic E-state index is 0.0805. The molecule has 2 rings (SSSR count). The van der Waals surface area contributed by atoms with E-state index in [-0.39, 0.29) is 17.1 Å². The summed E-state index contributed by atoms with van der Waals surface area (Å²) >= 11 is 0. The van der Waals surface area contributed by atoms with Gasteiger partial charge in [-0.25, -0.2) is 4.39 Å². The van der Waals surface area contributed by atoms with Crippen LogP contribution in [0.2, 0.25) is 0 Å². The Morgan fingerprint density at radius 2 is 1.96 bits per heavy atom. The van der Waals surface area contributed by atoms with E-state index in [1.54, 1.807) is 18.2 Å². The summed E-state index contributed by atoms with van der Waals surface area (Å²) in [6.07, 6.45) is 0. The number of nitrogens with one attached hydrogen (secondary N) is 1. The van der Waals surface area contributed by atoms with Crippen molar-refractivity contribution >= 4 is 17.5 Å². The zero-order chi connectivity index (χ0) is 16.8. The fourth-order valence-electron chi connectivity index (χ4n) is 1.92. The van der Waals surface area contributed by atoms with Gasteiger partial charge in [-0.05, 0) is 30.3 Å². The molecule has 0 aliphatic rings. The third kappa shape index (κ3) is 4.19. The van der Waals surface area contributed by atoms with Crippen molar-refractivity contribution in [2.75, 3.05) is 19.0 Å². The van der Waals surface area contributed by atoms with Crippen molar-refractivity contribution in [2.24, 2.45) is 5.73 Å². The smallest absolute Gasteiger partial charge is 0.262 e. The maximum absolute atomic E-state index is 13.1. The first-order valence-corrected chi connectivity index (χ1v) is 6.66. The monoisotopic (exact) mass is 318 g/mol. The largest absolute Gasteiger partial charge is 0.493 e. The Labute approximate surface area is 132 Å². The highest BCUT2D eigenvalue weighted by Gasteiger charge is 2.16. The molecule has 3 N–H and O–H groups in total. The van der Waals surface area contributed by atoms with Gasteiger partial charge in [0.25, 0.3) is 11.8 Å². The van der Waals surface area contributed by atoms with Crippen molar-refractivity contribution < 1.29 is 23.5 Å². The van der Waals surface area contributed by atoms with E-state index in [4.69, 9.17) is 15.2 Å². The van der Waals surface area contributed by atoms with Crippen molar-refractivity contribution in [2.45, 2.75) is 0 Å². The van der Waals surface area contributed by atoms with Crippen LogP contribution in [0.3, 0.4) is 0 Å². The molecule has 2 aromatic carbocycles. The highest BCUT2D eigenvalue weighted by molar-refractivity contribution is 5.97. The lowest BCUT2D eigenvalue weighted by molar-refractivity contribution is -0.118. The maximum Gasteiger partial charge on any atom is 0.262 e. The van der Waals surface area contributed by atoms with Crippen LogP contribution in [-0.4, -0.2) is 25.5 Å². The number of methoxy groups -OCH3 is 1. The van der Waals surface area contributed by atoms with Gasteiger partial charge in [0.2, 0.25) is 0 Å². The Morgan fingerprint density at radius 1 is 1.22 bits per heavy atom. The summed E-state index contributed by atoms with van der Waals surface area (Å²) in [5.74, 6) is -1.33. The lowest BCUT2D eigenvalue weighted by atomic mass is 10.2. The molecule has 0 heterocycles. The fourth-order valence-corrected chi connectivity index (χ4v) is 1.92. The molecule has 0 fully saturated rings. The van der Waals surface area contributed by atoms with Crippen LogP contribution in [0.15, 0.2) is 42.5 Å². The van der Waals surface area contributed by atoms with Gasteiger partial charge in [-0.1, -0.05) is 12.1 Å².